The molecule has 0 aromatic heterocycles. The molecule has 0 amide bonds. The molecule has 0 saturated heterocycles. The highest BCUT2D eigenvalue weighted by atomic mass is 32.3. The Morgan fingerprint density at radius 2 is 1.90 bits per heavy atom. The maximum Gasteiger partial charge on any atom is 0.322 e. The first kappa shape index (κ1) is 25.9. The van der Waals surface area contributed by atoms with Crippen LogP contribution in [0.25, 0.3) is 0 Å². The number of unbranched alkanes of at least 4 members (excludes halogenated alkanes) is 1. The van der Waals surface area contributed by atoms with Crippen LogP contribution in [0.15, 0.2) is 52.9 Å². The lowest BCUT2D eigenvalue weighted by Crippen LogP contribution is -2.42. The maximum absolute atomic E-state index is 12.7. The molecule has 1 unspecified atom stereocenters. The van der Waals surface area contributed by atoms with E-state index < -0.39 is 22.0 Å². The second kappa shape index (κ2) is 13.3. The fraction of sp³-hybridized carbons (Fsp3) is 0.429. The molecule has 1 aromatic carbocycles. The minimum Gasteiger partial charge on any atom is -0.480 e. The molecule has 0 aliphatic rings. The largest absolute Gasteiger partial charge is 0.480 e. The van der Waals surface area contributed by atoms with E-state index in [0.29, 0.717) is 6.42 Å². The number of benzene rings is 1. The van der Waals surface area contributed by atoms with Gasteiger partial charge in [0.15, 0.2) is 0 Å². The van der Waals surface area contributed by atoms with Gasteiger partial charge in [-0.1, -0.05) is 30.3 Å². The summed E-state index contributed by atoms with van der Waals surface area (Å²) in [5.41, 5.74) is 0.730. The molecule has 0 bridgehead atoms. The fourth-order valence-corrected chi connectivity index (χ4v) is 4.79. The first-order chi connectivity index (χ1) is 14.2. The number of nitrogens with zero attached hydrogens (tertiary/aromatic N) is 1. The molecule has 2 N–H and O–H groups in total. The van der Waals surface area contributed by atoms with Crippen molar-refractivity contribution in [1.29, 1.82) is 0 Å². The summed E-state index contributed by atoms with van der Waals surface area (Å²) >= 11 is 1.02. The average molecular weight is 455 g/mol. The van der Waals surface area contributed by atoms with Crippen LogP contribution in [0.4, 0.5) is 0 Å². The normalized spacial score (nSPS) is 13.4. The highest BCUT2D eigenvalue weighted by molar-refractivity contribution is 8.17. The van der Waals surface area contributed by atoms with Crippen molar-refractivity contribution >= 4 is 33.5 Å². The lowest BCUT2D eigenvalue weighted by atomic mass is 10.1. The van der Waals surface area contributed by atoms with Crippen molar-refractivity contribution in [1.82, 2.24) is 9.62 Å². The van der Waals surface area contributed by atoms with Gasteiger partial charge < -0.3 is 14.8 Å². The Balaban J connectivity index is 2.75. The molecule has 30 heavy (non-hydrogen) atoms. The molecule has 0 saturated carbocycles. The summed E-state index contributed by atoms with van der Waals surface area (Å²) < 4.78 is 27.7. The number of Topliss-reactive ketones (excluding diaryl/α,β-unsaturated/α-hetero) is 1. The van der Waals surface area contributed by atoms with Gasteiger partial charge in [0.2, 0.25) is 10.0 Å². The maximum atomic E-state index is 12.7. The van der Waals surface area contributed by atoms with E-state index in [1.807, 2.05) is 18.0 Å². The number of rotatable bonds is 14. The van der Waals surface area contributed by atoms with Gasteiger partial charge >= 0.3 is 5.97 Å². The van der Waals surface area contributed by atoms with E-state index in [2.05, 4.69) is 4.72 Å². The Bertz CT molecular complexity index is 851. The van der Waals surface area contributed by atoms with Gasteiger partial charge in [0, 0.05) is 20.0 Å². The Kier molecular flexibility index (Phi) is 11.5. The number of carboxylic acid groups (broad SMARTS) is 1. The lowest BCUT2D eigenvalue weighted by molar-refractivity contribution is -0.138. The summed E-state index contributed by atoms with van der Waals surface area (Å²) in [7, 11) is -2.11. The van der Waals surface area contributed by atoms with Crippen LogP contribution >= 0.6 is 11.8 Å². The van der Waals surface area contributed by atoms with Gasteiger partial charge in [-0.2, -0.15) is 4.72 Å². The highest BCUT2D eigenvalue weighted by Crippen LogP contribution is 2.19. The van der Waals surface area contributed by atoms with Crippen LogP contribution in [0.2, 0.25) is 0 Å². The number of carboxylic acids is 1. The molecule has 166 valence electrons. The molecule has 1 aromatic rings. The van der Waals surface area contributed by atoms with Crippen LogP contribution < -0.4 is 4.72 Å². The van der Waals surface area contributed by atoms with Gasteiger partial charge in [0.25, 0.3) is 0 Å². The zero-order valence-corrected chi connectivity index (χ0v) is 19.2. The van der Waals surface area contributed by atoms with Crippen molar-refractivity contribution < 1.29 is 23.1 Å². The van der Waals surface area contributed by atoms with E-state index >= 15 is 0 Å². The SMILES string of the molecule is CS/C(=C\C=C\N(C)CCCCC(C)=O)S(=O)(=O)NC(Cc1ccccc1)C(=O)O. The monoisotopic (exact) mass is 454 g/mol. The van der Waals surface area contributed by atoms with E-state index in [9.17, 15) is 23.1 Å². The van der Waals surface area contributed by atoms with Crippen LogP contribution in [-0.4, -0.2) is 56.1 Å². The predicted molar refractivity (Wildman–Crippen MR) is 122 cm³/mol. The topological polar surface area (TPSA) is 104 Å². The molecule has 0 radical (unpaired) electrons. The number of aliphatic carboxylic acids is 1. The number of allylic oxidation sites excluding steroid dienone is 2. The number of hydrogen-bond acceptors (Lipinski definition) is 6. The van der Waals surface area contributed by atoms with Gasteiger partial charge in [-0.05, 0) is 56.4 Å². The van der Waals surface area contributed by atoms with Crippen LogP contribution in [0.3, 0.4) is 0 Å². The van der Waals surface area contributed by atoms with E-state index in [0.717, 1.165) is 36.7 Å². The number of nitrogens with one attached hydrogen (secondary N) is 1. The van der Waals surface area contributed by atoms with Crippen molar-refractivity contribution in [2.75, 3.05) is 19.8 Å². The summed E-state index contributed by atoms with van der Waals surface area (Å²) in [5, 5.41) is 9.44. The lowest BCUT2D eigenvalue weighted by Gasteiger charge is -2.16. The zero-order valence-electron chi connectivity index (χ0n) is 17.6. The van der Waals surface area contributed by atoms with E-state index in [1.165, 1.54) is 6.08 Å². The third-order valence-corrected chi connectivity index (χ3v) is 7.16. The van der Waals surface area contributed by atoms with Crippen LogP contribution in [0, 0.1) is 0 Å². The third kappa shape index (κ3) is 10.1. The zero-order chi connectivity index (χ0) is 22.6. The van der Waals surface area contributed by atoms with Crippen molar-refractivity contribution in [3.05, 3.63) is 58.5 Å². The molecule has 1 rings (SSSR count). The summed E-state index contributed by atoms with van der Waals surface area (Å²) in [6.45, 7) is 2.32. The first-order valence-electron chi connectivity index (χ1n) is 9.57. The Morgan fingerprint density at radius 3 is 2.47 bits per heavy atom. The smallest absolute Gasteiger partial charge is 0.322 e. The molecule has 0 fully saturated rings. The Labute approximate surface area is 183 Å². The van der Waals surface area contributed by atoms with E-state index in [-0.39, 0.29) is 16.4 Å². The second-order valence-electron chi connectivity index (χ2n) is 6.87. The van der Waals surface area contributed by atoms with Gasteiger partial charge in [-0.25, -0.2) is 8.42 Å². The number of carbonyl (C=O) groups excluding carboxylic acids is 1. The number of ketones is 1. The quantitative estimate of drug-likeness (QED) is 0.329. The predicted octanol–water partition coefficient (Wildman–Crippen LogP) is 3.01. The van der Waals surface area contributed by atoms with Crippen LogP contribution in [0.5, 0.6) is 0 Å². The summed E-state index contributed by atoms with van der Waals surface area (Å²) in [6.07, 6.45) is 8.72. The molecule has 0 heterocycles. The van der Waals surface area contributed by atoms with Gasteiger partial charge in [-0.3, -0.25) is 4.79 Å². The molecule has 0 spiro atoms. The number of hydrogen-bond donors (Lipinski definition) is 2. The molecular formula is C21H30N2O5S2. The highest BCUT2D eigenvalue weighted by Gasteiger charge is 2.26. The molecule has 7 nitrogen and oxygen atoms in total. The summed E-state index contributed by atoms with van der Waals surface area (Å²) in [4.78, 5) is 24.4. The third-order valence-electron chi connectivity index (χ3n) is 4.21. The molecule has 9 heteroatoms. The van der Waals surface area contributed by atoms with Crippen LogP contribution in [0.1, 0.15) is 31.7 Å². The second-order valence-corrected chi connectivity index (χ2v) is 9.66. The number of carbonyl (C=O) groups is 2. The van der Waals surface area contributed by atoms with Crippen molar-refractivity contribution in [3.8, 4) is 0 Å². The Hall–Kier alpha value is -2.10. The van der Waals surface area contributed by atoms with Crippen molar-refractivity contribution in [3.63, 3.8) is 0 Å². The number of sulfonamides is 1. The van der Waals surface area contributed by atoms with Gasteiger partial charge in [-0.15, -0.1) is 11.8 Å². The average Bonchev–Trinajstić information content (AvgIpc) is 2.68. The molecular weight excluding hydrogens is 424 g/mol. The fourth-order valence-electron chi connectivity index (χ4n) is 2.62. The van der Waals surface area contributed by atoms with Crippen molar-refractivity contribution in [2.45, 2.75) is 38.6 Å². The summed E-state index contributed by atoms with van der Waals surface area (Å²) in [5.74, 6) is -1.06. The van der Waals surface area contributed by atoms with Crippen LogP contribution in [-0.2, 0) is 26.0 Å². The van der Waals surface area contributed by atoms with Gasteiger partial charge in [0.05, 0.1) is 0 Å². The van der Waals surface area contributed by atoms with E-state index in [4.69, 9.17) is 0 Å². The van der Waals surface area contributed by atoms with Crippen molar-refractivity contribution in [2.24, 2.45) is 0 Å². The minimum absolute atomic E-state index is 0.0306. The Morgan fingerprint density at radius 1 is 1.23 bits per heavy atom. The summed E-state index contributed by atoms with van der Waals surface area (Å²) in [6, 6.07) is 7.61. The molecule has 1 atom stereocenters. The van der Waals surface area contributed by atoms with E-state index in [1.54, 1.807) is 49.7 Å². The van der Waals surface area contributed by atoms with Gasteiger partial charge in [0.1, 0.15) is 16.1 Å². The first-order valence-corrected chi connectivity index (χ1v) is 12.3. The molecule has 0 aliphatic heterocycles. The number of thioether (sulfide) groups is 1. The standard InChI is InChI=1S/C21H30N2O5S2/c1-17(24)10-7-8-14-23(2)15-9-13-20(29-3)30(27,28)22-19(21(25)26)16-18-11-5-4-6-12-18/h4-6,9,11-13,15,19,22H,7-8,10,14,16H2,1-3H3,(H,25,26)/b15-9+,20-13+. The molecule has 0 aliphatic carbocycles. The minimum atomic E-state index is -3.98.